The summed E-state index contributed by atoms with van der Waals surface area (Å²) in [5.41, 5.74) is 0.558. The van der Waals surface area contributed by atoms with Crippen molar-refractivity contribution in [3.05, 3.63) is 30.1 Å². The average molecular weight is 294 g/mol. The number of amides is 1. The van der Waals surface area contributed by atoms with Crippen LogP contribution < -0.4 is 5.32 Å². The molecular formula is C15H19FN2O3. The van der Waals surface area contributed by atoms with Crippen molar-refractivity contribution in [2.45, 2.75) is 12.8 Å². The molecule has 1 aromatic rings. The Morgan fingerprint density at radius 2 is 2.10 bits per heavy atom. The summed E-state index contributed by atoms with van der Waals surface area (Å²) in [5.74, 6) is -0.905. The van der Waals surface area contributed by atoms with E-state index in [0.29, 0.717) is 12.2 Å². The summed E-state index contributed by atoms with van der Waals surface area (Å²) in [4.78, 5) is 25.4. The fourth-order valence-electron chi connectivity index (χ4n) is 2.50. The zero-order chi connectivity index (χ0) is 15.2. The maximum atomic E-state index is 12.8. The molecule has 6 heteroatoms. The number of benzene rings is 1. The minimum atomic E-state index is -0.343. The van der Waals surface area contributed by atoms with Crippen molar-refractivity contribution in [2.75, 3.05) is 32.1 Å². The summed E-state index contributed by atoms with van der Waals surface area (Å²) in [7, 11) is 1.38. The van der Waals surface area contributed by atoms with E-state index in [9.17, 15) is 14.0 Å². The molecule has 1 aromatic carbocycles. The van der Waals surface area contributed by atoms with E-state index in [4.69, 9.17) is 4.74 Å². The molecule has 0 saturated carbocycles. The van der Waals surface area contributed by atoms with Crippen molar-refractivity contribution < 1.29 is 18.7 Å². The molecule has 1 amide bonds. The highest BCUT2D eigenvalue weighted by Gasteiger charge is 2.27. The van der Waals surface area contributed by atoms with Gasteiger partial charge in [-0.05, 0) is 43.7 Å². The van der Waals surface area contributed by atoms with Crippen LogP contribution in [0.25, 0.3) is 0 Å². The van der Waals surface area contributed by atoms with Gasteiger partial charge < -0.3 is 10.1 Å². The highest BCUT2D eigenvalue weighted by Crippen LogP contribution is 2.17. The lowest BCUT2D eigenvalue weighted by Crippen LogP contribution is -2.42. The number of carbonyl (C=O) groups is 2. The van der Waals surface area contributed by atoms with Crippen LogP contribution in [0.5, 0.6) is 0 Å². The molecule has 1 unspecified atom stereocenters. The quantitative estimate of drug-likeness (QED) is 0.858. The molecule has 1 aliphatic heterocycles. The molecule has 114 valence electrons. The number of nitrogens with one attached hydrogen (secondary N) is 1. The number of esters is 1. The van der Waals surface area contributed by atoms with Crippen molar-refractivity contribution in [1.82, 2.24) is 4.90 Å². The van der Waals surface area contributed by atoms with E-state index < -0.39 is 0 Å². The van der Waals surface area contributed by atoms with E-state index >= 15 is 0 Å². The van der Waals surface area contributed by atoms with Crippen LogP contribution in [0, 0.1) is 11.7 Å². The van der Waals surface area contributed by atoms with Crippen molar-refractivity contribution in [1.29, 1.82) is 0 Å². The molecule has 1 atom stereocenters. The van der Waals surface area contributed by atoms with Gasteiger partial charge in [0.2, 0.25) is 5.91 Å². The SMILES string of the molecule is COC(=O)C1CCCN(CC(=O)Nc2ccc(F)cc2)C1. The average Bonchev–Trinajstić information content (AvgIpc) is 2.49. The van der Waals surface area contributed by atoms with Crippen LogP contribution in [0.2, 0.25) is 0 Å². The van der Waals surface area contributed by atoms with Crippen molar-refractivity contribution in [3.63, 3.8) is 0 Å². The van der Waals surface area contributed by atoms with Gasteiger partial charge in [-0.3, -0.25) is 14.5 Å². The van der Waals surface area contributed by atoms with E-state index in [2.05, 4.69) is 5.32 Å². The van der Waals surface area contributed by atoms with E-state index in [-0.39, 0.29) is 30.2 Å². The van der Waals surface area contributed by atoms with Gasteiger partial charge in [-0.2, -0.15) is 0 Å². The highest BCUT2D eigenvalue weighted by atomic mass is 19.1. The summed E-state index contributed by atoms with van der Waals surface area (Å²) in [6, 6.07) is 5.62. The Hall–Kier alpha value is -1.95. The number of anilines is 1. The lowest BCUT2D eigenvalue weighted by atomic mass is 9.98. The number of methoxy groups -OCH3 is 1. The molecule has 1 heterocycles. The Labute approximate surface area is 123 Å². The predicted molar refractivity (Wildman–Crippen MR) is 76.2 cm³/mol. The summed E-state index contributed by atoms with van der Waals surface area (Å²) in [6.45, 7) is 1.53. The summed E-state index contributed by atoms with van der Waals surface area (Å²) in [5, 5.41) is 2.71. The molecule has 1 N–H and O–H groups in total. The standard InChI is InChI=1S/C15H19FN2O3/c1-21-15(20)11-3-2-8-18(9-11)10-14(19)17-13-6-4-12(16)5-7-13/h4-7,11H,2-3,8-10H2,1H3,(H,17,19). The van der Waals surface area contributed by atoms with Gasteiger partial charge in [0.25, 0.3) is 0 Å². The third-order valence-corrected chi connectivity index (χ3v) is 3.54. The molecule has 1 saturated heterocycles. The summed E-state index contributed by atoms with van der Waals surface area (Å²) in [6.07, 6.45) is 1.66. The zero-order valence-electron chi connectivity index (χ0n) is 12.0. The second-order valence-corrected chi connectivity index (χ2v) is 5.15. The zero-order valence-corrected chi connectivity index (χ0v) is 12.0. The van der Waals surface area contributed by atoms with E-state index in [1.807, 2.05) is 4.90 Å². The first-order chi connectivity index (χ1) is 10.1. The van der Waals surface area contributed by atoms with E-state index in [0.717, 1.165) is 19.4 Å². The third kappa shape index (κ3) is 4.53. The maximum Gasteiger partial charge on any atom is 0.309 e. The Morgan fingerprint density at radius 1 is 1.38 bits per heavy atom. The number of ether oxygens (including phenoxy) is 1. The lowest BCUT2D eigenvalue weighted by molar-refractivity contribution is -0.147. The fraction of sp³-hybridized carbons (Fsp3) is 0.467. The van der Waals surface area contributed by atoms with Crippen LogP contribution in [-0.4, -0.2) is 43.5 Å². The van der Waals surface area contributed by atoms with Crippen molar-refractivity contribution in [3.8, 4) is 0 Å². The fourth-order valence-corrected chi connectivity index (χ4v) is 2.50. The van der Waals surface area contributed by atoms with Crippen LogP contribution in [0.1, 0.15) is 12.8 Å². The summed E-state index contributed by atoms with van der Waals surface area (Å²) >= 11 is 0. The number of hydrogen-bond acceptors (Lipinski definition) is 4. The Kier molecular flexibility index (Phi) is 5.27. The molecule has 21 heavy (non-hydrogen) atoms. The van der Waals surface area contributed by atoms with Gasteiger partial charge in [0, 0.05) is 12.2 Å². The molecule has 0 radical (unpaired) electrons. The van der Waals surface area contributed by atoms with Gasteiger partial charge in [-0.1, -0.05) is 0 Å². The number of carbonyl (C=O) groups excluding carboxylic acids is 2. The smallest absolute Gasteiger partial charge is 0.309 e. The van der Waals surface area contributed by atoms with Crippen LogP contribution in [0.15, 0.2) is 24.3 Å². The minimum absolute atomic E-state index is 0.164. The second-order valence-electron chi connectivity index (χ2n) is 5.15. The predicted octanol–water partition coefficient (Wildman–Crippen LogP) is 1.65. The molecule has 1 aliphatic rings. The number of nitrogens with zero attached hydrogens (tertiary/aromatic N) is 1. The van der Waals surface area contributed by atoms with Gasteiger partial charge in [-0.15, -0.1) is 0 Å². The second kappa shape index (κ2) is 7.17. The molecule has 0 aromatic heterocycles. The van der Waals surface area contributed by atoms with Crippen LogP contribution in [0.3, 0.4) is 0 Å². The van der Waals surface area contributed by atoms with Crippen LogP contribution >= 0.6 is 0 Å². The van der Waals surface area contributed by atoms with Gasteiger partial charge >= 0.3 is 5.97 Å². The largest absolute Gasteiger partial charge is 0.469 e. The van der Waals surface area contributed by atoms with Crippen LogP contribution in [0.4, 0.5) is 10.1 Å². The Morgan fingerprint density at radius 3 is 2.76 bits per heavy atom. The van der Waals surface area contributed by atoms with Gasteiger partial charge in [0.1, 0.15) is 5.82 Å². The van der Waals surface area contributed by atoms with E-state index in [1.165, 1.54) is 31.4 Å². The highest BCUT2D eigenvalue weighted by molar-refractivity contribution is 5.92. The number of rotatable bonds is 4. The number of piperidine rings is 1. The molecule has 5 nitrogen and oxygen atoms in total. The molecular weight excluding hydrogens is 275 g/mol. The van der Waals surface area contributed by atoms with Crippen LogP contribution in [-0.2, 0) is 14.3 Å². The molecule has 2 rings (SSSR count). The maximum absolute atomic E-state index is 12.8. The number of hydrogen-bond donors (Lipinski definition) is 1. The molecule has 0 spiro atoms. The Balaban J connectivity index is 1.84. The summed E-state index contributed by atoms with van der Waals surface area (Å²) < 4.78 is 17.5. The molecule has 1 fully saturated rings. The first-order valence-corrected chi connectivity index (χ1v) is 6.94. The minimum Gasteiger partial charge on any atom is -0.469 e. The topological polar surface area (TPSA) is 58.6 Å². The number of halogens is 1. The van der Waals surface area contributed by atoms with Crippen molar-refractivity contribution >= 4 is 17.6 Å². The Bertz CT molecular complexity index is 504. The van der Waals surface area contributed by atoms with Gasteiger partial charge in [-0.25, -0.2) is 4.39 Å². The molecule has 0 aliphatic carbocycles. The van der Waals surface area contributed by atoms with Crippen molar-refractivity contribution in [2.24, 2.45) is 5.92 Å². The normalized spacial score (nSPS) is 19.0. The third-order valence-electron chi connectivity index (χ3n) is 3.54. The lowest BCUT2D eigenvalue weighted by Gasteiger charge is -2.30. The first kappa shape index (κ1) is 15.4. The molecule has 0 bridgehead atoms. The monoisotopic (exact) mass is 294 g/mol. The van der Waals surface area contributed by atoms with E-state index in [1.54, 1.807) is 0 Å². The van der Waals surface area contributed by atoms with Gasteiger partial charge in [0.05, 0.1) is 19.6 Å². The first-order valence-electron chi connectivity index (χ1n) is 6.94. The number of likely N-dealkylation sites (tertiary alicyclic amines) is 1. The van der Waals surface area contributed by atoms with Gasteiger partial charge in [0.15, 0.2) is 0 Å².